The van der Waals surface area contributed by atoms with Crippen LogP contribution in [0.1, 0.15) is 25.7 Å². The van der Waals surface area contributed by atoms with Crippen molar-refractivity contribution in [1.82, 2.24) is 9.97 Å². The van der Waals surface area contributed by atoms with E-state index in [1.54, 1.807) is 6.20 Å². The third-order valence-corrected chi connectivity index (χ3v) is 4.57. The van der Waals surface area contributed by atoms with Crippen molar-refractivity contribution in [2.75, 3.05) is 0 Å². The molecule has 0 saturated heterocycles. The lowest BCUT2D eigenvalue weighted by atomic mass is 10.2. The van der Waals surface area contributed by atoms with E-state index in [-0.39, 0.29) is 6.10 Å². The summed E-state index contributed by atoms with van der Waals surface area (Å²) in [6.45, 7) is 0. The van der Waals surface area contributed by atoms with Gasteiger partial charge in [0.2, 0.25) is 0 Å². The van der Waals surface area contributed by atoms with Crippen LogP contribution < -0.4 is 9.47 Å². The van der Waals surface area contributed by atoms with Crippen molar-refractivity contribution in [2.45, 2.75) is 31.8 Å². The van der Waals surface area contributed by atoms with Crippen molar-refractivity contribution in [2.24, 2.45) is 0 Å². The van der Waals surface area contributed by atoms with E-state index in [0.717, 1.165) is 35.7 Å². The van der Waals surface area contributed by atoms with Crippen LogP contribution >= 0.6 is 11.3 Å². The van der Waals surface area contributed by atoms with Crippen LogP contribution in [0.15, 0.2) is 48.0 Å². The first-order valence-electron chi connectivity index (χ1n) is 8.10. The topological polar surface area (TPSA) is 44.2 Å². The van der Waals surface area contributed by atoms with E-state index in [1.807, 2.05) is 41.8 Å². The Labute approximate surface area is 145 Å². The molecule has 24 heavy (non-hydrogen) atoms. The summed E-state index contributed by atoms with van der Waals surface area (Å²) in [6, 6.07) is 11.6. The normalized spacial score (nSPS) is 14.7. The Bertz CT molecular complexity index is 784. The molecule has 0 atom stereocenters. The second-order valence-electron chi connectivity index (χ2n) is 5.78. The van der Waals surface area contributed by atoms with E-state index in [9.17, 15) is 0 Å². The van der Waals surface area contributed by atoms with Gasteiger partial charge in [-0.05, 0) is 37.8 Å². The number of hydrogen-bond acceptors (Lipinski definition) is 5. The van der Waals surface area contributed by atoms with Gasteiger partial charge in [0.25, 0.3) is 0 Å². The highest BCUT2D eigenvalue weighted by atomic mass is 32.1. The molecule has 2 heterocycles. The molecule has 2 aromatic heterocycles. The molecule has 1 aliphatic carbocycles. The van der Waals surface area contributed by atoms with Crippen LogP contribution in [-0.4, -0.2) is 16.1 Å². The Morgan fingerprint density at radius 2 is 1.92 bits per heavy atom. The molecule has 1 aliphatic rings. The molecular formula is C19H17N2O2S. The molecule has 1 saturated carbocycles. The molecule has 3 aromatic rings. The Hall–Kier alpha value is -2.40. The summed E-state index contributed by atoms with van der Waals surface area (Å²) < 4.78 is 12.1. The smallest absolute Gasteiger partial charge is 0.152 e. The molecule has 121 valence electrons. The summed E-state index contributed by atoms with van der Waals surface area (Å²) >= 11 is 1.43. The predicted molar refractivity (Wildman–Crippen MR) is 93.6 cm³/mol. The molecule has 1 aromatic carbocycles. The molecule has 0 N–H and O–H groups in total. The number of rotatable bonds is 5. The minimum absolute atomic E-state index is 0.250. The fourth-order valence-electron chi connectivity index (χ4n) is 2.87. The summed E-state index contributed by atoms with van der Waals surface area (Å²) in [7, 11) is 0. The van der Waals surface area contributed by atoms with Gasteiger partial charge in [0.15, 0.2) is 11.3 Å². The van der Waals surface area contributed by atoms with Crippen molar-refractivity contribution in [3.05, 3.63) is 53.5 Å². The van der Waals surface area contributed by atoms with Crippen LogP contribution in [0.4, 0.5) is 0 Å². The van der Waals surface area contributed by atoms with Gasteiger partial charge in [0.05, 0.1) is 12.3 Å². The van der Waals surface area contributed by atoms with Crippen molar-refractivity contribution in [3.63, 3.8) is 0 Å². The summed E-state index contributed by atoms with van der Waals surface area (Å²) in [5.41, 5.74) is 4.41. The number of hydrogen-bond donors (Lipinski definition) is 0. The first-order chi connectivity index (χ1) is 11.9. The van der Waals surface area contributed by atoms with E-state index in [4.69, 9.17) is 9.47 Å². The Morgan fingerprint density at radius 1 is 1.08 bits per heavy atom. The van der Waals surface area contributed by atoms with Gasteiger partial charge < -0.3 is 9.47 Å². The van der Waals surface area contributed by atoms with Gasteiger partial charge in [0.1, 0.15) is 22.9 Å². The number of nitrogens with zero attached hydrogens (tertiary/aromatic N) is 2. The van der Waals surface area contributed by atoms with Crippen molar-refractivity contribution in [1.29, 1.82) is 0 Å². The largest absolute Gasteiger partial charge is 0.488 e. The first-order valence-corrected chi connectivity index (χ1v) is 8.98. The minimum atomic E-state index is 0.250. The van der Waals surface area contributed by atoms with E-state index < -0.39 is 0 Å². The number of thiazole rings is 1. The number of para-hydroxylation sites is 1. The average Bonchev–Trinajstić information content (AvgIpc) is 3.30. The summed E-state index contributed by atoms with van der Waals surface area (Å²) in [4.78, 5) is 8.78. The van der Waals surface area contributed by atoms with Gasteiger partial charge in [-0.2, -0.15) is 0 Å². The Kier molecular flexibility index (Phi) is 4.42. The van der Waals surface area contributed by atoms with Crippen molar-refractivity contribution < 1.29 is 9.47 Å². The lowest BCUT2D eigenvalue weighted by Crippen LogP contribution is -2.12. The van der Waals surface area contributed by atoms with Crippen LogP contribution in [-0.2, 0) is 0 Å². The van der Waals surface area contributed by atoms with Crippen LogP contribution in [0.2, 0.25) is 0 Å². The lowest BCUT2D eigenvalue weighted by molar-refractivity contribution is 0.209. The van der Waals surface area contributed by atoms with E-state index >= 15 is 0 Å². The van der Waals surface area contributed by atoms with Crippen molar-refractivity contribution >= 4 is 11.3 Å². The molecular weight excluding hydrogens is 320 g/mol. The fraction of sp³-hybridized carbons (Fsp3) is 0.263. The average molecular weight is 337 g/mol. The highest BCUT2D eigenvalue weighted by Crippen LogP contribution is 2.35. The third kappa shape index (κ3) is 3.41. The zero-order valence-electron chi connectivity index (χ0n) is 13.1. The molecule has 0 spiro atoms. The van der Waals surface area contributed by atoms with Crippen LogP contribution in [0.5, 0.6) is 17.2 Å². The minimum Gasteiger partial charge on any atom is -0.488 e. The van der Waals surface area contributed by atoms with Gasteiger partial charge >= 0.3 is 0 Å². The van der Waals surface area contributed by atoms with E-state index in [0.29, 0.717) is 5.75 Å². The lowest BCUT2D eigenvalue weighted by Gasteiger charge is -2.16. The second kappa shape index (κ2) is 7.01. The Balaban J connectivity index is 1.64. The van der Waals surface area contributed by atoms with E-state index in [1.165, 1.54) is 24.2 Å². The summed E-state index contributed by atoms with van der Waals surface area (Å²) in [5.74, 6) is 2.17. The molecule has 4 rings (SSSR count). The molecule has 5 heteroatoms. The highest BCUT2D eigenvalue weighted by molar-refractivity contribution is 7.07. The first kappa shape index (κ1) is 15.1. The van der Waals surface area contributed by atoms with Crippen LogP contribution in [0.3, 0.4) is 0 Å². The van der Waals surface area contributed by atoms with Gasteiger partial charge in [-0.3, -0.25) is 0 Å². The number of benzene rings is 1. The molecule has 4 nitrogen and oxygen atoms in total. The second-order valence-corrected chi connectivity index (χ2v) is 6.44. The SMILES string of the molecule is [c]1nc(-c2ncc(Oc3ccccc3)cc2OC2CCCC2)cs1. The maximum atomic E-state index is 6.22. The monoisotopic (exact) mass is 337 g/mol. The van der Waals surface area contributed by atoms with Gasteiger partial charge in [-0.1, -0.05) is 18.2 Å². The van der Waals surface area contributed by atoms with Gasteiger partial charge in [-0.25, -0.2) is 9.97 Å². The summed E-state index contributed by atoms with van der Waals surface area (Å²) in [5, 5.41) is 1.93. The number of pyridine rings is 1. The molecule has 1 radical (unpaired) electrons. The molecule has 0 aliphatic heterocycles. The van der Waals surface area contributed by atoms with Gasteiger partial charge in [0, 0.05) is 11.4 Å². The maximum Gasteiger partial charge on any atom is 0.152 e. The fourth-order valence-corrected chi connectivity index (χ4v) is 3.35. The quantitative estimate of drug-likeness (QED) is 0.648. The third-order valence-electron chi connectivity index (χ3n) is 4.03. The maximum absolute atomic E-state index is 6.22. The Morgan fingerprint density at radius 3 is 2.67 bits per heavy atom. The number of aromatic nitrogens is 2. The predicted octanol–water partition coefficient (Wildman–Crippen LogP) is 5.12. The standard InChI is InChI=1S/C19H17N2O2S/c1-2-6-14(7-3-1)22-16-10-18(23-15-8-4-5-9-15)19(20-11-16)17-12-24-13-21-17/h1-3,6-7,10-12,15H,4-5,8-9H2. The van der Waals surface area contributed by atoms with E-state index in [2.05, 4.69) is 15.5 Å². The molecule has 1 fully saturated rings. The van der Waals surface area contributed by atoms with Crippen LogP contribution in [0.25, 0.3) is 11.4 Å². The zero-order chi connectivity index (χ0) is 16.2. The van der Waals surface area contributed by atoms with Crippen LogP contribution in [0, 0.1) is 5.51 Å². The highest BCUT2D eigenvalue weighted by Gasteiger charge is 2.20. The summed E-state index contributed by atoms with van der Waals surface area (Å²) in [6.07, 6.45) is 6.58. The number of ether oxygens (including phenoxy) is 2. The van der Waals surface area contributed by atoms with Gasteiger partial charge in [-0.15, -0.1) is 11.3 Å². The zero-order valence-corrected chi connectivity index (χ0v) is 14.0. The molecule has 0 amide bonds. The van der Waals surface area contributed by atoms with Crippen molar-refractivity contribution in [3.8, 4) is 28.6 Å². The molecule has 0 bridgehead atoms. The molecule has 0 unspecified atom stereocenters.